The quantitative estimate of drug-likeness (QED) is 0.393. The van der Waals surface area contributed by atoms with Crippen LogP contribution in [0.25, 0.3) is 5.69 Å². The first-order valence-corrected chi connectivity index (χ1v) is 10.2. The average Bonchev–Trinajstić information content (AvgIpc) is 3.34. The molecule has 0 aliphatic heterocycles. The van der Waals surface area contributed by atoms with Gasteiger partial charge < -0.3 is 9.47 Å². The Balaban J connectivity index is 1.58. The molecule has 2 heterocycles. The van der Waals surface area contributed by atoms with Gasteiger partial charge in [-0.05, 0) is 37.3 Å². The number of aryl methyl sites for hydroxylation is 1. The summed E-state index contributed by atoms with van der Waals surface area (Å²) in [7, 11) is 1.22. The SMILES string of the molecule is COC(=O)c1nc(C)c(Oc2ccc(-n3ncn(Cc4cc(F)ccc4F)c3=O)cc2F)s1. The average molecular weight is 476 g/mol. The van der Waals surface area contributed by atoms with Crippen LogP contribution in [0.2, 0.25) is 0 Å². The molecule has 2 aromatic heterocycles. The summed E-state index contributed by atoms with van der Waals surface area (Å²) in [5, 5.41) is 4.19. The number of carbonyl (C=O) groups is 1. The molecule has 0 spiro atoms. The van der Waals surface area contributed by atoms with Crippen molar-refractivity contribution in [1.82, 2.24) is 19.3 Å². The Morgan fingerprint density at radius 3 is 2.64 bits per heavy atom. The van der Waals surface area contributed by atoms with Crippen molar-refractivity contribution in [3.8, 4) is 16.5 Å². The standard InChI is InChI=1S/C21H15F3N4O4S/c1-11-20(33-18(26-11)19(29)31-2)32-17-6-4-14(8-16(17)24)28-21(30)27(10-25-28)9-12-7-13(22)3-5-15(12)23/h3-8,10H,9H2,1-2H3. The molecule has 0 saturated heterocycles. The van der Waals surface area contributed by atoms with Gasteiger partial charge in [0, 0.05) is 11.6 Å². The molecule has 0 bridgehead atoms. The van der Waals surface area contributed by atoms with E-state index >= 15 is 0 Å². The fourth-order valence-corrected chi connectivity index (χ4v) is 3.77. The van der Waals surface area contributed by atoms with E-state index in [0.717, 1.165) is 51.2 Å². The van der Waals surface area contributed by atoms with E-state index in [-0.39, 0.29) is 33.6 Å². The zero-order valence-electron chi connectivity index (χ0n) is 17.2. The molecule has 12 heteroatoms. The minimum atomic E-state index is -0.794. The second-order valence-corrected chi connectivity index (χ2v) is 7.75. The predicted molar refractivity (Wildman–Crippen MR) is 112 cm³/mol. The highest BCUT2D eigenvalue weighted by molar-refractivity contribution is 7.15. The number of hydrogen-bond donors (Lipinski definition) is 0. The van der Waals surface area contributed by atoms with E-state index in [2.05, 4.69) is 14.8 Å². The van der Waals surface area contributed by atoms with Crippen LogP contribution in [0.1, 0.15) is 21.1 Å². The zero-order chi connectivity index (χ0) is 23.7. The molecule has 0 atom stereocenters. The lowest BCUT2D eigenvalue weighted by Crippen LogP contribution is -2.24. The van der Waals surface area contributed by atoms with Crippen molar-refractivity contribution in [2.24, 2.45) is 0 Å². The maximum Gasteiger partial charge on any atom is 0.367 e. The van der Waals surface area contributed by atoms with E-state index in [9.17, 15) is 22.8 Å². The topological polar surface area (TPSA) is 88.2 Å². The van der Waals surface area contributed by atoms with Gasteiger partial charge in [0.1, 0.15) is 18.0 Å². The number of aromatic nitrogens is 4. The largest absolute Gasteiger partial charge is 0.464 e. The lowest BCUT2D eigenvalue weighted by molar-refractivity contribution is 0.0600. The van der Waals surface area contributed by atoms with Crippen LogP contribution in [0.3, 0.4) is 0 Å². The number of carbonyl (C=O) groups excluding carboxylic acids is 1. The summed E-state index contributed by atoms with van der Waals surface area (Å²) in [5.74, 6) is -2.90. The number of hydrogen-bond acceptors (Lipinski definition) is 7. The summed E-state index contributed by atoms with van der Waals surface area (Å²) in [5.41, 5.74) is -0.228. The number of rotatable bonds is 6. The fraction of sp³-hybridized carbons (Fsp3) is 0.143. The molecule has 8 nitrogen and oxygen atoms in total. The lowest BCUT2D eigenvalue weighted by atomic mass is 10.2. The molecule has 2 aromatic carbocycles. The highest BCUT2D eigenvalue weighted by atomic mass is 32.1. The first-order valence-electron chi connectivity index (χ1n) is 9.38. The molecule has 4 aromatic rings. The molecule has 4 rings (SSSR count). The van der Waals surface area contributed by atoms with Gasteiger partial charge in [-0.15, -0.1) is 0 Å². The van der Waals surface area contributed by atoms with Gasteiger partial charge in [-0.1, -0.05) is 11.3 Å². The van der Waals surface area contributed by atoms with E-state index in [0.29, 0.717) is 5.69 Å². The first kappa shape index (κ1) is 22.3. The van der Waals surface area contributed by atoms with Gasteiger partial charge in [-0.2, -0.15) is 9.78 Å². The third-order valence-electron chi connectivity index (χ3n) is 4.56. The van der Waals surface area contributed by atoms with Crippen molar-refractivity contribution in [2.75, 3.05) is 7.11 Å². The van der Waals surface area contributed by atoms with E-state index < -0.39 is 29.1 Å². The predicted octanol–water partition coefficient (Wildman–Crippen LogP) is 3.84. The zero-order valence-corrected chi connectivity index (χ0v) is 18.0. The van der Waals surface area contributed by atoms with E-state index in [1.807, 2.05) is 0 Å². The van der Waals surface area contributed by atoms with Crippen LogP contribution in [0.15, 0.2) is 47.5 Å². The summed E-state index contributed by atoms with van der Waals surface area (Å²) in [6, 6.07) is 6.65. The fourth-order valence-electron chi connectivity index (χ4n) is 2.92. The van der Waals surface area contributed by atoms with Gasteiger partial charge in [0.25, 0.3) is 0 Å². The summed E-state index contributed by atoms with van der Waals surface area (Å²) in [6.45, 7) is 1.34. The van der Waals surface area contributed by atoms with E-state index in [4.69, 9.17) is 4.74 Å². The number of benzene rings is 2. The maximum atomic E-state index is 14.7. The molecule has 0 aliphatic carbocycles. The Kier molecular flexibility index (Phi) is 6.01. The van der Waals surface area contributed by atoms with Crippen LogP contribution < -0.4 is 10.4 Å². The number of methoxy groups -OCH3 is 1. The van der Waals surface area contributed by atoms with E-state index in [1.165, 1.54) is 19.2 Å². The van der Waals surface area contributed by atoms with Crippen molar-refractivity contribution in [3.05, 3.63) is 86.9 Å². The van der Waals surface area contributed by atoms with Crippen molar-refractivity contribution < 1.29 is 27.4 Å². The highest BCUT2D eigenvalue weighted by Crippen LogP contribution is 2.33. The molecule has 0 fully saturated rings. The highest BCUT2D eigenvalue weighted by Gasteiger charge is 2.18. The minimum Gasteiger partial charge on any atom is -0.464 e. The van der Waals surface area contributed by atoms with Crippen LogP contribution in [0.4, 0.5) is 13.2 Å². The second-order valence-electron chi connectivity index (χ2n) is 6.79. The van der Waals surface area contributed by atoms with Crippen LogP contribution in [0, 0.1) is 24.4 Å². The van der Waals surface area contributed by atoms with Gasteiger partial charge in [-0.25, -0.2) is 27.7 Å². The Morgan fingerprint density at radius 2 is 1.91 bits per heavy atom. The molecule has 0 amide bonds. The minimum absolute atomic E-state index is 0.0298. The molecule has 33 heavy (non-hydrogen) atoms. The van der Waals surface area contributed by atoms with Crippen LogP contribution >= 0.6 is 11.3 Å². The molecule has 170 valence electrons. The molecule has 0 N–H and O–H groups in total. The number of nitrogens with zero attached hydrogens (tertiary/aromatic N) is 4. The Hall–Kier alpha value is -3.93. The van der Waals surface area contributed by atoms with Gasteiger partial charge in [-0.3, -0.25) is 4.57 Å². The van der Waals surface area contributed by atoms with Gasteiger partial charge >= 0.3 is 11.7 Å². The number of ether oxygens (including phenoxy) is 2. The van der Waals surface area contributed by atoms with Crippen molar-refractivity contribution in [2.45, 2.75) is 13.5 Å². The second kappa shape index (κ2) is 8.90. The summed E-state index contributed by atoms with van der Waals surface area (Å²) in [4.78, 5) is 28.3. The molecular weight excluding hydrogens is 461 g/mol. The van der Waals surface area contributed by atoms with Crippen molar-refractivity contribution >= 4 is 17.3 Å². The lowest BCUT2D eigenvalue weighted by Gasteiger charge is -2.07. The van der Waals surface area contributed by atoms with Gasteiger partial charge in [0.15, 0.2) is 11.6 Å². The molecule has 0 unspecified atom stereocenters. The summed E-state index contributed by atoms with van der Waals surface area (Å²) < 4.78 is 54.1. The van der Waals surface area contributed by atoms with Crippen LogP contribution in [-0.2, 0) is 11.3 Å². The maximum absolute atomic E-state index is 14.7. The third-order valence-corrected chi connectivity index (χ3v) is 5.57. The molecule has 0 aliphatic rings. The van der Waals surface area contributed by atoms with Crippen molar-refractivity contribution in [3.63, 3.8) is 0 Å². The van der Waals surface area contributed by atoms with Gasteiger partial charge in [0.2, 0.25) is 10.1 Å². The number of esters is 1. The smallest absolute Gasteiger partial charge is 0.367 e. The molecule has 0 radical (unpaired) electrons. The first-order chi connectivity index (χ1) is 15.8. The molecular formula is C21H15F3N4O4S. The summed E-state index contributed by atoms with van der Waals surface area (Å²) >= 11 is 0.902. The van der Waals surface area contributed by atoms with Gasteiger partial charge in [0.05, 0.1) is 25.0 Å². The van der Waals surface area contributed by atoms with Crippen LogP contribution in [0.5, 0.6) is 10.8 Å². The summed E-state index contributed by atoms with van der Waals surface area (Å²) in [6.07, 6.45) is 1.14. The Labute approximate surface area is 188 Å². The van der Waals surface area contributed by atoms with E-state index in [1.54, 1.807) is 6.92 Å². The monoisotopic (exact) mass is 476 g/mol. The number of halogens is 3. The normalized spacial score (nSPS) is 10.9. The third kappa shape index (κ3) is 4.51. The Morgan fingerprint density at radius 1 is 1.12 bits per heavy atom. The Bertz CT molecular complexity index is 1410. The van der Waals surface area contributed by atoms with Crippen LogP contribution in [-0.4, -0.2) is 32.4 Å². The van der Waals surface area contributed by atoms with Crippen molar-refractivity contribution in [1.29, 1.82) is 0 Å². The molecule has 0 saturated carbocycles. The number of thiazole rings is 1.